The highest BCUT2D eigenvalue weighted by molar-refractivity contribution is 14.1. The van der Waals surface area contributed by atoms with Crippen molar-refractivity contribution in [2.24, 2.45) is 5.10 Å². The van der Waals surface area contributed by atoms with Gasteiger partial charge in [-0.15, -0.1) is 12.3 Å². The fourth-order valence-corrected chi connectivity index (χ4v) is 1.87. The minimum atomic E-state index is -0.688. The predicted octanol–water partition coefficient (Wildman–Crippen LogP) is 3.22. The minimum absolute atomic E-state index is 0.230. The zero-order chi connectivity index (χ0) is 15.7. The Morgan fingerprint density at radius 3 is 3.00 bits per heavy atom. The highest BCUT2D eigenvalue weighted by Gasteiger charge is 2.10. The first-order chi connectivity index (χ1) is 10.1. The number of esters is 1. The van der Waals surface area contributed by atoms with Gasteiger partial charge in [-0.25, -0.2) is 4.79 Å². The van der Waals surface area contributed by atoms with Crippen molar-refractivity contribution in [2.75, 3.05) is 18.6 Å². The Hall–Kier alpha value is -1.46. The summed E-state index contributed by atoms with van der Waals surface area (Å²) < 4.78 is 11.2. The van der Waals surface area contributed by atoms with Gasteiger partial charge in [-0.3, -0.25) is 5.43 Å². The van der Waals surface area contributed by atoms with Gasteiger partial charge in [0, 0.05) is 9.99 Å². The van der Waals surface area contributed by atoms with Crippen molar-refractivity contribution in [2.45, 2.75) is 13.3 Å². The van der Waals surface area contributed by atoms with Gasteiger partial charge in [0.25, 0.3) is 0 Å². The maximum atomic E-state index is 11.3. The normalized spacial score (nSPS) is 10.7. The molecule has 0 atom stereocenters. The number of carbonyl (C=O) groups excluding carboxylic acids is 1. The van der Waals surface area contributed by atoms with Gasteiger partial charge in [0.2, 0.25) is 5.17 Å². The van der Waals surface area contributed by atoms with Crippen LogP contribution in [0.15, 0.2) is 23.3 Å². The zero-order valence-electron chi connectivity index (χ0n) is 11.4. The van der Waals surface area contributed by atoms with Crippen LogP contribution >= 0.6 is 34.2 Å². The molecular formula is C14H14ClIN2O3. The van der Waals surface area contributed by atoms with Crippen molar-refractivity contribution >= 4 is 51.0 Å². The van der Waals surface area contributed by atoms with Crippen molar-refractivity contribution in [1.82, 2.24) is 0 Å². The molecule has 1 N–H and O–H groups in total. The molecule has 0 unspecified atom stereocenters. The third-order valence-electron chi connectivity index (χ3n) is 2.16. The van der Waals surface area contributed by atoms with Crippen molar-refractivity contribution < 1.29 is 14.3 Å². The molecule has 7 heteroatoms. The number of ether oxygens (including phenoxy) is 2. The highest BCUT2D eigenvalue weighted by atomic mass is 127. The molecule has 0 radical (unpaired) electrons. The Kier molecular flexibility index (Phi) is 7.93. The van der Waals surface area contributed by atoms with Crippen molar-refractivity contribution in [3.05, 3.63) is 21.8 Å². The van der Waals surface area contributed by atoms with Gasteiger partial charge in [-0.2, -0.15) is 5.10 Å². The van der Waals surface area contributed by atoms with Gasteiger partial charge in [-0.05, 0) is 47.7 Å². The number of carbonyl (C=O) groups is 1. The summed E-state index contributed by atoms with van der Waals surface area (Å²) in [6.07, 6.45) is 5.68. The van der Waals surface area contributed by atoms with Crippen LogP contribution in [-0.4, -0.2) is 24.4 Å². The van der Waals surface area contributed by atoms with Gasteiger partial charge in [-0.1, -0.05) is 11.6 Å². The number of rotatable bonds is 7. The first kappa shape index (κ1) is 17.6. The minimum Gasteiger partial charge on any atom is -0.490 e. The Labute approximate surface area is 142 Å². The number of benzene rings is 1. The molecular weight excluding hydrogens is 407 g/mol. The van der Waals surface area contributed by atoms with E-state index in [1.807, 2.05) is 12.1 Å². The zero-order valence-corrected chi connectivity index (χ0v) is 14.3. The van der Waals surface area contributed by atoms with E-state index in [2.05, 4.69) is 39.0 Å². The number of halogens is 2. The molecule has 0 fully saturated rings. The van der Waals surface area contributed by atoms with Crippen LogP contribution in [0, 0.1) is 15.9 Å². The summed E-state index contributed by atoms with van der Waals surface area (Å²) >= 11 is 7.87. The number of nitrogens with one attached hydrogen (secondary N) is 1. The number of terminal acetylenes is 1. The molecule has 5 nitrogen and oxygen atoms in total. The van der Waals surface area contributed by atoms with Crippen LogP contribution in [0.5, 0.6) is 5.75 Å². The van der Waals surface area contributed by atoms with E-state index < -0.39 is 5.97 Å². The second kappa shape index (κ2) is 9.47. The molecule has 112 valence electrons. The molecule has 1 aromatic carbocycles. The fraction of sp³-hybridized carbons (Fsp3) is 0.286. The molecule has 0 aliphatic carbocycles. The Morgan fingerprint density at radius 2 is 2.33 bits per heavy atom. The van der Waals surface area contributed by atoms with Gasteiger partial charge < -0.3 is 9.47 Å². The van der Waals surface area contributed by atoms with E-state index in [9.17, 15) is 4.79 Å². The number of hydrogen-bond acceptors (Lipinski definition) is 5. The SMILES string of the molecule is C#CCCOc1ccc(I)cc1NN=C(Cl)C(=O)OCC. The molecule has 21 heavy (non-hydrogen) atoms. The van der Waals surface area contributed by atoms with E-state index in [-0.39, 0.29) is 11.8 Å². The first-order valence-electron chi connectivity index (χ1n) is 6.10. The Balaban J connectivity index is 2.81. The van der Waals surface area contributed by atoms with Crippen LogP contribution in [0.1, 0.15) is 13.3 Å². The van der Waals surface area contributed by atoms with Crippen LogP contribution in [-0.2, 0) is 9.53 Å². The molecule has 0 spiro atoms. The monoisotopic (exact) mass is 420 g/mol. The van der Waals surface area contributed by atoms with Crippen molar-refractivity contribution in [1.29, 1.82) is 0 Å². The molecule has 0 bridgehead atoms. The van der Waals surface area contributed by atoms with Crippen LogP contribution in [0.2, 0.25) is 0 Å². The lowest BCUT2D eigenvalue weighted by Crippen LogP contribution is -2.13. The van der Waals surface area contributed by atoms with E-state index in [0.29, 0.717) is 24.5 Å². The summed E-state index contributed by atoms with van der Waals surface area (Å²) in [5, 5.41) is 3.49. The van der Waals surface area contributed by atoms with Crippen molar-refractivity contribution in [3.8, 4) is 18.1 Å². The predicted molar refractivity (Wildman–Crippen MR) is 91.6 cm³/mol. The standard InChI is InChI=1S/C14H14ClIN2O3/c1-3-5-8-21-12-7-6-10(16)9-11(12)17-18-13(15)14(19)20-4-2/h1,6-7,9,17H,4-5,8H2,2H3. The smallest absolute Gasteiger partial charge is 0.370 e. The lowest BCUT2D eigenvalue weighted by Gasteiger charge is -2.10. The molecule has 0 aromatic heterocycles. The third-order valence-corrected chi connectivity index (χ3v) is 3.07. The molecule has 0 saturated carbocycles. The Morgan fingerprint density at radius 1 is 1.57 bits per heavy atom. The topological polar surface area (TPSA) is 59.9 Å². The maximum Gasteiger partial charge on any atom is 0.370 e. The second-order valence-corrected chi connectivity index (χ2v) is 5.28. The average molecular weight is 421 g/mol. The fourth-order valence-electron chi connectivity index (χ4n) is 1.28. The summed E-state index contributed by atoms with van der Waals surface area (Å²) in [5.41, 5.74) is 3.28. The maximum absolute atomic E-state index is 11.3. The molecule has 0 aliphatic rings. The highest BCUT2D eigenvalue weighted by Crippen LogP contribution is 2.26. The molecule has 1 rings (SSSR count). The average Bonchev–Trinajstić information content (AvgIpc) is 2.47. The number of hydrazone groups is 1. The van der Waals surface area contributed by atoms with Gasteiger partial charge in [0.1, 0.15) is 5.75 Å². The van der Waals surface area contributed by atoms with Gasteiger partial charge in [0.15, 0.2) is 0 Å². The first-order valence-corrected chi connectivity index (χ1v) is 7.56. The quantitative estimate of drug-likeness (QED) is 0.184. The number of nitrogens with zero attached hydrogens (tertiary/aromatic N) is 1. The van der Waals surface area contributed by atoms with Crippen LogP contribution in [0.25, 0.3) is 0 Å². The molecule has 0 saturated heterocycles. The summed E-state index contributed by atoms with van der Waals surface area (Å²) in [4.78, 5) is 11.3. The lowest BCUT2D eigenvalue weighted by molar-refractivity contribution is -0.134. The Bertz CT molecular complexity index is 570. The molecule has 0 amide bonds. The van der Waals surface area contributed by atoms with Crippen LogP contribution in [0.4, 0.5) is 5.69 Å². The van der Waals surface area contributed by atoms with E-state index in [4.69, 9.17) is 27.5 Å². The largest absolute Gasteiger partial charge is 0.490 e. The van der Waals surface area contributed by atoms with Crippen LogP contribution < -0.4 is 10.2 Å². The summed E-state index contributed by atoms with van der Waals surface area (Å²) in [6.45, 7) is 2.31. The molecule has 0 heterocycles. The van der Waals surface area contributed by atoms with Gasteiger partial charge in [0.05, 0.1) is 18.9 Å². The summed E-state index contributed by atoms with van der Waals surface area (Å²) in [7, 11) is 0. The lowest BCUT2D eigenvalue weighted by atomic mass is 10.3. The van der Waals surface area contributed by atoms with E-state index >= 15 is 0 Å². The second-order valence-electron chi connectivity index (χ2n) is 3.68. The molecule has 0 aliphatic heterocycles. The summed E-state index contributed by atoms with van der Waals surface area (Å²) in [5.74, 6) is 2.38. The van der Waals surface area contributed by atoms with E-state index in [1.54, 1.807) is 13.0 Å². The number of anilines is 1. The number of hydrogen-bond donors (Lipinski definition) is 1. The van der Waals surface area contributed by atoms with E-state index in [0.717, 1.165) is 3.57 Å². The van der Waals surface area contributed by atoms with Crippen LogP contribution in [0.3, 0.4) is 0 Å². The molecule has 1 aromatic rings. The third kappa shape index (κ3) is 6.23. The summed E-state index contributed by atoms with van der Waals surface area (Å²) in [6, 6.07) is 5.48. The van der Waals surface area contributed by atoms with Crippen molar-refractivity contribution in [3.63, 3.8) is 0 Å². The van der Waals surface area contributed by atoms with E-state index in [1.165, 1.54) is 0 Å². The van der Waals surface area contributed by atoms with Gasteiger partial charge >= 0.3 is 5.97 Å².